The maximum absolute atomic E-state index is 13.6. The van der Waals surface area contributed by atoms with Gasteiger partial charge in [-0.15, -0.1) is 11.3 Å². The van der Waals surface area contributed by atoms with Crippen molar-refractivity contribution in [1.82, 2.24) is 10.6 Å². The lowest BCUT2D eigenvalue weighted by atomic mass is 9.78. The number of ketones is 1. The maximum Gasteiger partial charge on any atom is 0.437 e. The number of amides is 2. The molecule has 26 heavy (non-hydrogen) atoms. The molecule has 0 saturated carbocycles. The number of rotatable bonds is 3. The predicted molar refractivity (Wildman–Crippen MR) is 84.0 cm³/mol. The quantitative estimate of drug-likeness (QED) is 0.559. The second kappa shape index (κ2) is 6.36. The average Bonchev–Trinajstić information content (AvgIpc) is 3.07. The van der Waals surface area contributed by atoms with Crippen LogP contribution < -0.4 is 10.6 Å². The molecule has 0 radical (unpaired) electrons. The molecule has 1 aliphatic rings. The Labute approximate surface area is 148 Å². The van der Waals surface area contributed by atoms with Gasteiger partial charge < -0.3 is 15.7 Å². The highest BCUT2D eigenvalue weighted by atomic mass is 32.1. The number of alkyl halides is 3. The Morgan fingerprint density at radius 3 is 2.54 bits per heavy atom. The number of benzene rings is 1. The smallest absolute Gasteiger partial charge is 0.363 e. The summed E-state index contributed by atoms with van der Waals surface area (Å²) in [6, 6.07) is 4.35. The Balaban J connectivity index is 2.16. The largest absolute Gasteiger partial charge is 0.437 e. The summed E-state index contributed by atoms with van der Waals surface area (Å²) < 4.78 is 54.4. The van der Waals surface area contributed by atoms with Crippen LogP contribution in [0, 0.1) is 11.7 Å². The molecule has 1 saturated heterocycles. The second-order valence-corrected chi connectivity index (χ2v) is 6.66. The minimum Gasteiger partial charge on any atom is -0.363 e. The zero-order chi connectivity index (χ0) is 19.1. The Kier molecular flexibility index (Phi) is 4.49. The van der Waals surface area contributed by atoms with Crippen LogP contribution in [-0.2, 0) is 0 Å². The maximum atomic E-state index is 13.6. The first kappa shape index (κ1) is 18.3. The highest BCUT2D eigenvalue weighted by molar-refractivity contribution is 7.12. The van der Waals surface area contributed by atoms with Crippen LogP contribution in [0.4, 0.5) is 22.4 Å². The molecule has 138 valence electrons. The van der Waals surface area contributed by atoms with E-state index in [1.807, 2.05) is 0 Å². The summed E-state index contributed by atoms with van der Waals surface area (Å²) >= 11 is 0.895. The molecule has 2 aromatic rings. The van der Waals surface area contributed by atoms with Crippen molar-refractivity contribution in [2.75, 3.05) is 0 Å². The number of urea groups is 1. The lowest BCUT2D eigenvalue weighted by molar-refractivity contribution is -0.287. The summed E-state index contributed by atoms with van der Waals surface area (Å²) in [4.78, 5) is 24.5. The van der Waals surface area contributed by atoms with Gasteiger partial charge in [-0.05, 0) is 29.1 Å². The summed E-state index contributed by atoms with van der Waals surface area (Å²) in [5.41, 5.74) is -3.88. The fraction of sp³-hybridized carbons (Fsp3) is 0.250. The molecule has 2 amide bonds. The third-order valence-corrected chi connectivity index (χ3v) is 4.94. The molecular weight excluding hydrogens is 376 g/mol. The van der Waals surface area contributed by atoms with E-state index in [0.29, 0.717) is 0 Å². The number of carbonyl (C=O) groups excluding carboxylic acids is 2. The highest BCUT2D eigenvalue weighted by Crippen LogP contribution is 2.44. The van der Waals surface area contributed by atoms with Gasteiger partial charge in [0.15, 0.2) is 5.78 Å². The van der Waals surface area contributed by atoms with E-state index in [1.165, 1.54) is 35.0 Å². The van der Waals surface area contributed by atoms with Gasteiger partial charge >= 0.3 is 12.2 Å². The van der Waals surface area contributed by atoms with Crippen LogP contribution in [0.15, 0.2) is 41.8 Å². The zero-order valence-corrected chi connectivity index (χ0v) is 13.7. The van der Waals surface area contributed by atoms with E-state index < -0.39 is 41.5 Å². The first-order chi connectivity index (χ1) is 12.1. The first-order valence-corrected chi connectivity index (χ1v) is 8.22. The Morgan fingerprint density at radius 1 is 1.23 bits per heavy atom. The molecule has 3 N–H and O–H groups in total. The molecule has 3 unspecified atom stereocenters. The van der Waals surface area contributed by atoms with Gasteiger partial charge in [0.2, 0.25) is 5.72 Å². The van der Waals surface area contributed by atoms with Gasteiger partial charge in [0.1, 0.15) is 11.7 Å². The van der Waals surface area contributed by atoms with Gasteiger partial charge in [0.25, 0.3) is 0 Å². The molecule has 1 aromatic carbocycles. The lowest BCUT2D eigenvalue weighted by Crippen LogP contribution is -2.72. The molecule has 0 bridgehead atoms. The minimum atomic E-state index is -5.34. The van der Waals surface area contributed by atoms with Crippen LogP contribution in [0.5, 0.6) is 0 Å². The number of nitrogens with one attached hydrogen (secondary N) is 2. The number of aliphatic hydroxyl groups is 1. The molecule has 3 atom stereocenters. The fourth-order valence-corrected chi connectivity index (χ4v) is 3.59. The second-order valence-electron chi connectivity index (χ2n) is 5.71. The lowest BCUT2D eigenvalue weighted by Gasteiger charge is -2.44. The van der Waals surface area contributed by atoms with Crippen molar-refractivity contribution in [3.8, 4) is 0 Å². The molecule has 3 rings (SSSR count). The molecule has 1 aliphatic heterocycles. The van der Waals surface area contributed by atoms with Crippen molar-refractivity contribution in [2.45, 2.75) is 17.9 Å². The number of carbonyl (C=O) groups is 2. The summed E-state index contributed by atoms with van der Waals surface area (Å²) in [5.74, 6) is -3.93. The van der Waals surface area contributed by atoms with Gasteiger partial charge in [-0.25, -0.2) is 9.18 Å². The van der Waals surface area contributed by atoms with Crippen LogP contribution in [-0.4, -0.2) is 28.8 Å². The molecule has 0 spiro atoms. The molecule has 1 fully saturated rings. The Morgan fingerprint density at radius 2 is 1.96 bits per heavy atom. The number of hydrogen-bond donors (Lipinski definition) is 3. The van der Waals surface area contributed by atoms with Crippen LogP contribution >= 0.6 is 11.3 Å². The monoisotopic (exact) mass is 388 g/mol. The Bertz CT molecular complexity index is 840. The van der Waals surface area contributed by atoms with Crippen LogP contribution in [0.1, 0.15) is 21.3 Å². The summed E-state index contributed by atoms with van der Waals surface area (Å²) in [6.07, 6.45) is -5.34. The van der Waals surface area contributed by atoms with E-state index in [9.17, 15) is 32.3 Å². The highest BCUT2D eigenvalue weighted by Gasteiger charge is 2.66. The average molecular weight is 388 g/mol. The van der Waals surface area contributed by atoms with Crippen molar-refractivity contribution in [1.29, 1.82) is 0 Å². The van der Waals surface area contributed by atoms with E-state index >= 15 is 0 Å². The third kappa shape index (κ3) is 3.06. The standard InChI is InChI=1S/C16H12F4N2O3S/c17-9-4-1-3-8(7-9)12-11(13(23)10-5-2-6-26-10)15(25,16(18,19)20)22-14(24)21-12/h1-7,11-12,25H,(H2,21,22,24). The predicted octanol–water partition coefficient (Wildman–Crippen LogP) is 2.99. The summed E-state index contributed by atoms with van der Waals surface area (Å²) in [7, 11) is 0. The van der Waals surface area contributed by atoms with Crippen LogP contribution in [0.2, 0.25) is 0 Å². The number of hydrogen-bond acceptors (Lipinski definition) is 4. The van der Waals surface area contributed by atoms with E-state index in [-0.39, 0.29) is 10.4 Å². The van der Waals surface area contributed by atoms with E-state index in [0.717, 1.165) is 23.5 Å². The zero-order valence-electron chi connectivity index (χ0n) is 12.9. The van der Waals surface area contributed by atoms with Crippen molar-refractivity contribution in [3.05, 3.63) is 58.0 Å². The summed E-state index contributed by atoms with van der Waals surface area (Å²) in [6.45, 7) is 0. The van der Waals surface area contributed by atoms with Crippen molar-refractivity contribution < 1.29 is 32.3 Å². The Hall–Kier alpha value is -2.46. The number of thiophene rings is 1. The number of Topliss-reactive ketones (excluding diaryl/α,β-unsaturated/α-hetero) is 1. The van der Waals surface area contributed by atoms with E-state index in [4.69, 9.17) is 0 Å². The molecular formula is C16H12F4N2O3S. The van der Waals surface area contributed by atoms with Gasteiger partial charge in [0, 0.05) is 0 Å². The first-order valence-electron chi connectivity index (χ1n) is 7.34. The van der Waals surface area contributed by atoms with Gasteiger partial charge in [-0.2, -0.15) is 13.2 Å². The van der Waals surface area contributed by atoms with Gasteiger partial charge in [0.05, 0.1) is 10.9 Å². The molecule has 5 nitrogen and oxygen atoms in total. The van der Waals surface area contributed by atoms with Crippen molar-refractivity contribution >= 4 is 23.2 Å². The SMILES string of the molecule is O=C1NC(c2cccc(F)c2)C(C(=O)c2cccs2)C(O)(C(F)(F)F)N1. The van der Waals surface area contributed by atoms with Crippen LogP contribution in [0.25, 0.3) is 0 Å². The molecule has 2 heterocycles. The fourth-order valence-electron chi connectivity index (χ4n) is 2.89. The van der Waals surface area contributed by atoms with E-state index in [2.05, 4.69) is 5.32 Å². The third-order valence-electron chi connectivity index (χ3n) is 4.06. The summed E-state index contributed by atoms with van der Waals surface area (Å²) in [5, 5.41) is 15.4. The van der Waals surface area contributed by atoms with Crippen molar-refractivity contribution in [3.63, 3.8) is 0 Å². The van der Waals surface area contributed by atoms with Gasteiger partial charge in [-0.1, -0.05) is 18.2 Å². The normalized spacial score (nSPS) is 26.1. The van der Waals surface area contributed by atoms with Crippen LogP contribution in [0.3, 0.4) is 0 Å². The van der Waals surface area contributed by atoms with Crippen molar-refractivity contribution in [2.24, 2.45) is 5.92 Å². The topological polar surface area (TPSA) is 78.4 Å². The molecule has 10 heteroatoms. The molecule has 1 aromatic heterocycles. The molecule has 0 aliphatic carbocycles. The minimum absolute atomic E-state index is 0.0305. The van der Waals surface area contributed by atoms with Gasteiger partial charge in [-0.3, -0.25) is 4.79 Å². The number of halogens is 4. The van der Waals surface area contributed by atoms with E-state index in [1.54, 1.807) is 0 Å².